The zero-order valence-corrected chi connectivity index (χ0v) is 17.5. The van der Waals surface area contributed by atoms with Crippen LogP contribution in [0.2, 0.25) is 0 Å². The summed E-state index contributed by atoms with van der Waals surface area (Å²) >= 11 is 3.46. The lowest BCUT2D eigenvalue weighted by Gasteiger charge is -2.37. The number of carbonyl (C=O) groups excluding carboxylic acids is 1. The number of rotatable bonds is 4. The summed E-state index contributed by atoms with van der Waals surface area (Å²) in [6, 6.07) is 16.2. The van der Waals surface area contributed by atoms with E-state index < -0.39 is 0 Å². The molecule has 2 aliphatic rings. The van der Waals surface area contributed by atoms with Crippen LogP contribution in [0.1, 0.15) is 18.0 Å². The number of nitrogens with one attached hydrogen (secondary N) is 2. The Kier molecular flexibility index (Phi) is 5.85. The molecule has 28 heavy (non-hydrogen) atoms. The molecule has 0 bridgehead atoms. The van der Waals surface area contributed by atoms with Crippen molar-refractivity contribution in [1.82, 2.24) is 15.8 Å². The molecule has 6 nitrogen and oxygen atoms in total. The molecule has 148 valence electrons. The molecule has 0 saturated carbocycles. The molecule has 1 amide bonds. The summed E-state index contributed by atoms with van der Waals surface area (Å²) < 4.78 is 6.53. The van der Waals surface area contributed by atoms with Gasteiger partial charge < -0.3 is 14.5 Å². The van der Waals surface area contributed by atoms with Crippen molar-refractivity contribution in [3.8, 4) is 5.75 Å². The standard InChI is InChI=1S/C21H25BrN4O2/c1-28-20-5-3-2-4-19(20)25-10-12-26(13-11-25)21(27)18-14-17(23-24-18)15-6-8-16(22)9-7-15/h2-9,17-18,23-24H,10-14H2,1H3. The quantitative estimate of drug-likeness (QED) is 0.758. The Morgan fingerprint density at radius 2 is 1.75 bits per heavy atom. The molecule has 2 saturated heterocycles. The SMILES string of the molecule is COc1ccccc1N1CCN(C(=O)C2CC(c3ccc(Br)cc3)NN2)CC1. The van der Waals surface area contributed by atoms with Gasteiger partial charge in [0.25, 0.3) is 0 Å². The molecule has 2 fully saturated rings. The molecule has 2 aromatic carbocycles. The van der Waals surface area contributed by atoms with Crippen molar-refractivity contribution >= 4 is 27.5 Å². The third kappa shape index (κ3) is 4.01. The number of nitrogens with zero attached hydrogens (tertiary/aromatic N) is 2. The number of para-hydroxylation sites is 2. The van der Waals surface area contributed by atoms with Crippen LogP contribution in [0, 0.1) is 0 Å². The highest BCUT2D eigenvalue weighted by Gasteiger charge is 2.34. The molecule has 2 N–H and O–H groups in total. The molecule has 0 aliphatic carbocycles. The van der Waals surface area contributed by atoms with Crippen LogP contribution >= 0.6 is 15.9 Å². The summed E-state index contributed by atoms with van der Waals surface area (Å²) in [7, 11) is 1.69. The van der Waals surface area contributed by atoms with Crippen molar-refractivity contribution in [3.63, 3.8) is 0 Å². The van der Waals surface area contributed by atoms with Crippen molar-refractivity contribution in [3.05, 3.63) is 58.6 Å². The third-order valence-electron chi connectivity index (χ3n) is 5.49. The number of ether oxygens (including phenoxy) is 1. The van der Waals surface area contributed by atoms with Crippen molar-refractivity contribution < 1.29 is 9.53 Å². The van der Waals surface area contributed by atoms with E-state index in [2.05, 4.69) is 49.9 Å². The highest BCUT2D eigenvalue weighted by Crippen LogP contribution is 2.29. The number of benzene rings is 2. The minimum Gasteiger partial charge on any atom is -0.495 e. The predicted molar refractivity (Wildman–Crippen MR) is 113 cm³/mol. The summed E-state index contributed by atoms with van der Waals surface area (Å²) in [6.45, 7) is 3.06. The Hall–Kier alpha value is -2.09. The van der Waals surface area contributed by atoms with E-state index in [9.17, 15) is 4.79 Å². The van der Waals surface area contributed by atoms with E-state index in [1.807, 2.05) is 35.2 Å². The maximum atomic E-state index is 13.0. The first kappa shape index (κ1) is 19.2. The average molecular weight is 445 g/mol. The van der Waals surface area contributed by atoms with Crippen molar-refractivity contribution in [2.24, 2.45) is 0 Å². The summed E-state index contributed by atoms with van der Waals surface area (Å²) in [5.41, 5.74) is 8.74. The van der Waals surface area contributed by atoms with E-state index >= 15 is 0 Å². The lowest BCUT2D eigenvalue weighted by molar-refractivity contribution is -0.133. The van der Waals surface area contributed by atoms with Gasteiger partial charge in [-0.15, -0.1) is 0 Å². The number of halogens is 1. The van der Waals surface area contributed by atoms with Gasteiger partial charge in [-0.25, -0.2) is 10.9 Å². The van der Waals surface area contributed by atoms with Crippen LogP contribution in [0.5, 0.6) is 5.75 Å². The average Bonchev–Trinajstić information content (AvgIpc) is 3.24. The van der Waals surface area contributed by atoms with Gasteiger partial charge in [0.1, 0.15) is 11.8 Å². The second kappa shape index (κ2) is 8.51. The largest absolute Gasteiger partial charge is 0.495 e. The Labute approximate surface area is 173 Å². The van der Waals surface area contributed by atoms with Crippen molar-refractivity contribution in [1.29, 1.82) is 0 Å². The summed E-state index contributed by atoms with van der Waals surface area (Å²) in [5.74, 6) is 1.05. The lowest BCUT2D eigenvalue weighted by atomic mass is 10.0. The molecule has 0 radical (unpaired) electrons. The van der Waals surface area contributed by atoms with Crippen LogP contribution in [0.4, 0.5) is 5.69 Å². The van der Waals surface area contributed by atoms with Gasteiger partial charge >= 0.3 is 0 Å². The molecule has 2 aromatic rings. The fraction of sp³-hybridized carbons (Fsp3) is 0.381. The van der Waals surface area contributed by atoms with Gasteiger partial charge in [-0.05, 0) is 36.2 Å². The molecule has 7 heteroatoms. The molecule has 2 unspecified atom stereocenters. The highest BCUT2D eigenvalue weighted by molar-refractivity contribution is 9.10. The second-order valence-electron chi connectivity index (χ2n) is 7.17. The number of methoxy groups -OCH3 is 1. The Morgan fingerprint density at radius 1 is 1.04 bits per heavy atom. The van der Waals surface area contributed by atoms with Crippen LogP contribution in [0.3, 0.4) is 0 Å². The van der Waals surface area contributed by atoms with E-state index in [1.54, 1.807) is 7.11 Å². The molecule has 2 heterocycles. The second-order valence-corrected chi connectivity index (χ2v) is 8.08. The fourth-order valence-electron chi connectivity index (χ4n) is 3.91. The van der Waals surface area contributed by atoms with Crippen molar-refractivity contribution in [2.75, 3.05) is 38.2 Å². The number of hydrogen-bond donors (Lipinski definition) is 2. The Morgan fingerprint density at radius 3 is 2.46 bits per heavy atom. The van der Waals surface area contributed by atoms with Gasteiger partial charge in [-0.3, -0.25) is 4.79 Å². The predicted octanol–water partition coefficient (Wildman–Crippen LogP) is 2.71. The maximum Gasteiger partial charge on any atom is 0.241 e. The minimum atomic E-state index is -0.188. The number of carbonyl (C=O) groups is 1. The van der Waals surface area contributed by atoms with E-state index in [0.29, 0.717) is 0 Å². The maximum absolute atomic E-state index is 13.0. The van der Waals surface area contributed by atoms with Gasteiger partial charge in [-0.2, -0.15) is 0 Å². The molecular weight excluding hydrogens is 420 g/mol. The summed E-state index contributed by atoms with van der Waals surface area (Å²) in [4.78, 5) is 17.2. The molecule has 0 spiro atoms. The van der Waals surface area contributed by atoms with Crippen LogP contribution in [-0.4, -0.2) is 50.1 Å². The van der Waals surface area contributed by atoms with Crippen LogP contribution < -0.4 is 20.5 Å². The van der Waals surface area contributed by atoms with Crippen LogP contribution in [-0.2, 0) is 4.79 Å². The number of hydrogen-bond acceptors (Lipinski definition) is 5. The van der Waals surface area contributed by atoms with E-state index in [0.717, 1.165) is 48.5 Å². The summed E-state index contributed by atoms with van der Waals surface area (Å²) in [6.07, 6.45) is 0.757. The lowest BCUT2D eigenvalue weighted by Crippen LogP contribution is -2.53. The van der Waals surface area contributed by atoms with E-state index in [1.165, 1.54) is 5.56 Å². The first-order chi connectivity index (χ1) is 13.7. The molecule has 2 atom stereocenters. The Bertz CT molecular complexity index is 821. The number of amides is 1. The first-order valence-corrected chi connectivity index (χ1v) is 10.4. The van der Waals surface area contributed by atoms with Crippen LogP contribution in [0.25, 0.3) is 0 Å². The number of anilines is 1. The van der Waals surface area contributed by atoms with Gasteiger partial charge in [0.05, 0.1) is 12.8 Å². The van der Waals surface area contributed by atoms with Gasteiger partial charge in [0.15, 0.2) is 0 Å². The summed E-state index contributed by atoms with van der Waals surface area (Å²) in [5, 5.41) is 0. The number of hydrazine groups is 1. The van der Waals surface area contributed by atoms with E-state index in [-0.39, 0.29) is 18.0 Å². The van der Waals surface area contributed by atoms with Gasteiger partial charge in [-0.1, -0.05) is 40.2 Å². The van der Waals surface area contributed by atoms with Crippen molar-refractivity contribution in [2.45, 2.75) is 18.5 Å². The van der Waals surface area contributed by atoms with E-state index in [4.69, 9.17) is 4.74 Å². The zero-order chi connectivity index (χ0) is 19.5. The molecular formula is C21H25BrN4O2. The minimum absolute atomic E-state index is 0.150. The zero-order valence-electron chi connectivity index (χ0n) is 15.9. The van der Waals surface area contributed by atoms with Gasteiger partial charge in [0, 0.05) is 36.7 Å². The fourth-order valence-corrected chi connectivity index (χ4v) is 4.18. The normalized spacial score (nSPS) is 22.4. The monoisotopic (exact) mass is 444 g/mol. The van der Waals surface area contributed by atoms with Gasteiger partial charge in [0.2, 0.25) is 5.91 Å². The third-order valence-corrected chi connectivity index (χ3v) is 6.02. The highest BCUT2D eigenvalue weighted by atomic mass is 79.9. The number of piperazine rings is 1. The smallest absolute Gasteiger partial charge is 0.241 e. The van der Waals surface area contributed by atoms with Crippen LogP contribution in [0.15, 0.2) is 53.0 Å². The first-order valence-electron chi connectivity index (χ1n) is 9.59. The molecule has 4 rings (SSSR count). The molecule has 0 aromatic heterocycles. The topological polar surface area (TPSA) is 56.8 Å². The Balaban J connectivity index is 1.34. The molecule has 2 aliphatic heterocycles.